The first-order valence-electron chi connectivity index (χ1n) is 6.50. The number of halogens is 2. The van der Waals surface area contributed by atoms with E-state index in [2.05, 4.69) is 33.8 Å². The molecule has 0 bridgehead atoms. The standard InChI is InChI=1S/C12H23N5.2ClH/c1-3-16(4-2)7-8-17-6-5-11-10(9-17)12(13)15-14-11;;/h3-9H2,1-2H3,(H3,13,14,15);2*1H. The van der Waals surface area contributed by atoms with Crippen LogP contribution in [0.15, 0.2) is 0 Å². The van der Waals surface area contributed by atoms with E-state index in [1.54, 1.807) is 0 Å². The fourth-order valence-corrected chi connectivity index (χ4v) is 2.39. The highest BCUT2D eigenvalue weighted by molar-refractivity contribution is 5.85. The minimum atomic E-state index is 0. The number of hydrogen-bond acceptors (Lipinski definition) is 4. The van der Waals surface area contributed by atoms with Gasteiger partial charge >= 0.3 is 0 Å². The first-order chi connectivity index (χ1) is 8.24. The van der Waals surface area contributed by atoms with Gasteiger partial charge in [-0.1, -0.05) is 13.8 Å². The zero-order valence-corrected chi connectivity index (χ0v) is 13.3. The van der Waals surface area contributed by atoms with Crippen LogP contribution in [-0.2, 0) is 13.0 Å². The van der Waals surface area contributed by atoms with Crippen LogP contribution < -0.4 is 5.73 Å². The second-order valence-corrected chi connectivity index (χ2v) is 4.62. The average Bonchev–Trinajstić information content (AvgIpc) is 2.72. The van der Waals surface area contributed by atoms with E-state index in [0.29, 0.717) is 5.82 Å². The molecule has 5 nitrogen and oxygen atoms in total. The van der Waals surface area contributed by atoms with E-state index in [1.807, 2.05) is 0 Å². The first-order valence-corrected chi connectivity index (χ1v) is 6.50. The monoisotopic (exact) mass is 309 g/mol. The van der Waals surface area contributed by atoms with Crippen LogP contribution in [0.2, 0.25) is 0 Å². The van der Waals surface area contributed by atoms with Gasteiger partial charge in [-0.2, -0.15) is 5.10 Å². The van der Waals surface area contributed by atoms with E-state index in [0.717, 1.165) is 45.7 Å². The molecule has 0 fully saturated rings. The number of nitrogens with one attached hydrogen (secondary N) is 1. The van der Waals surface area contributed by atoms with Crippen molar-refractivity contribution in [1.29, 1.82) is 0 Å². The second-order valence-electron chi connectivity index (χ2n) is 4.62. The Kier molecular flexibility index (Phi) is 8.41. The Morgan fingerprint density at radius 2 is 2.00 bits per heavy atom. The number of rotatable bonds is 5. The molecule has 3 N–H and O–H groups in total. The van der Waals surface area contributed by atoms with Crippen LogP contribution in [0.4, 0.5) is 5.82 Å². The van der Waals surface area contributed by atoms with E-state index in [4.69, 9.17) is 5.73 Å². The molecule has 1 aliphatic rings. The van der Waals surface area contributed by atoms with Crippen LogP contribution in [0, 0.1) is 0 Å². The summed E-state index contributed by atoms with van der Waals surface area (Å²) in [6.45, 7) is 11.0. The second kappa shape index (κ2) is 8.64. The van der Waals surface area contributed by atoms with E-state index in [1.165, 1.54) is 11.3 Å². The van der Waals surface area contributed by atoms with Gasteiger partial charge in [-0.05, 0) is 13.1 Å². The number of aromatic nitrogens is 2. The number of anilines is 1. The highest BCUT2D eigenvalue weighted by Crippen LogP contribution is 2.21. The zero-order chi connectivity index (χ0) is 12.3. The van der Waals surface area contributed by atoms with Crippen molar-refractivity contribution >= 4 is 30.6 Å². The summed E-state index contributed by atoms with van der Waals surface area (Å²) in [5.74, 6) is 0.674. The third kappa shape index (κ3) is 4.53. The molecule has 0 aliphatic carbocycles. The van der Waals surface area contributed by atoms with Crippen molar-refractivity contribution in [3.05, 3.63) is 11.3 Å². The van der Waals surface area contributed by atoms with Gasteiger partial charge in [-0.3, -0.25) is 10.00 Å². The normalized spacial score (nSPS) is 14.7. The summed E-state index contributed by atoms with van der Waals surface area (Å²) in [4.78, 5) is 4.92. The molecule has 1 aliphatic heterocycles. The van der Waals surface area contributed by atoms with Crippen molar-refractivity contribution in [1.82, 2.24) is 20.0 Å². The lowest BCUT2D eigenvalue weighted by atomic mass is 10.1. The van der Waals surface area contributed by atoms with Crippen molar-refractivity contribution in [3.63, 3.8) is 0 Å². The molecule has 2 heterocycles. The highest BCUT2D eigenvalue weighted by atomic mass is 35.5. The largest absolute Gasteiger partial charge is 0.382 e. The molecular formula is C12H25Cl2N5. The third-order valence-corrected chi connectivity index (χ3v) is 3.67. The molecule has 112 valence electrons. The minimum Gasteiger partial charge on any atom is -0.382 e. The molecule has 0 spiro atoms. The number of nitrogen functional groups attached to an aromatic ring is 1. The molecule has 0 radical (unpaired) electrons. The molecule has 0 amide bonds. The Hall–Kier alpha value is -0.490. The summed E-state index contributed by atoms with van der Waals surface area (Å²) in [6.07, 6.45) is 1.04. The smallest absolute Gasteiger partial charge is 0.149 e. The fourth-order valence-electron chi connectivity index (χ4n) is 2.39. The van der Waals surface area contributed by atoms with Crippen molar-refractivity contribution in [2.45, 2.75) is 26.8 Å². The van der Waals surface area contributed by atoms with E-state index in [9.17, 15) is 0 Å². The van der Waals surface area contributed by atoms with Crippen molar-refractivity contribution in [2.24, 2.45) is 0 Å². The number of aromatic amines is 1. The number of H-pyrrole nitrogens is 1. The van der Waals surface area contributed by atoms with E-state index < -0.39 is 0 Å². The minimum absolute atomic E-state index is 0. The lowest BCUT2D eigenvalue weighted by Gasteiger charge is -2.29. The molecule has 1 aromatic heterocycles. The fraction of sp³-hybridized carbons (Fsp3) is 0.750. The molecule has 1 aromatic rings. The van der Waals surface area contributed by atoms with E-state index >= 15 is 0 Å². The predicted molar refractivity (Wildman–Crippen MR) is 84.3 cm³/mol. The Morgan fingerprint density at radius 3 is 2.63 bits per heavy atom. The number of nitrogens with zero attached hydrogens (tertiary/aromatic N) is 3. The Bertz CT molecular complexity index is 365. The van der Waals surface area contributed by atoms with Crippen LogP contribution >= 0.6 is 24.8 Å². The molecule has 2 rings (SSSR count). The Morgan fingerprint density at radius 1 is 1.32 bits per heavy atom. The quantitative estimate of drug-likeness (QED) is 0.866. The van der Waals surface area contributed by atoms with Gasteiger partial charge in [0, 0.05) is 43.9 Å². The van der Waals surface area contributed by atoms with Gasteiger partial charge in [0.25, 0.3) is 0 Å². The van der Waals surface area contributed by atoms with Gasteiger partial charge in [0.05, 0.1) is 0 Å². The summed E-state index contributed by atoms with van der Waals surface area (Å²) in [5, 5.41) is 7.10. The van der Waals surface area contributed by atoms with Gasteiger partial charge in [-0.15, -0.1) is 24.8 Å². The first kappa shape index (κ1) is 18.5. The summed E-state index contributed by atoms with van der Waals surface area (Å²) >= 11 is 0. The number of fused-ring (bicyclic) bond motifs is 1. The van der Waals surface area contributed by atoms with Crippen LogP contribution in [0.3, 0.4) is 0 Å². The van der Waals surface area contributed by atoms with Crippen molar-refractivity contribution in [2.75, 3.05) is 38.5 Å². The number of likely N-dealkylation sites (N-methyl/N-ethyl adjacent to an activating group) is 1. The molecule has 0 saturated carbocycles. The summed E-state index contributed by atoms with van der Waals surface area (Å²) < 4.78 is 0. The van der Waals surface area contributed by atoms with Gasteiger partial charge in [0.2, 0.25) is 0 Å². The lowest BCUT2D eigenvalue weighted by molar-refractivity contribution is 0.202. The van der Waals surface area contributed by atoms with Gasteiger partial charge in [0.15, 0.2) is 0 Å². The molecular weight excluding hydrogens is 285 g/mol. The zero-order valence-electron chi connectivity index (χ0n) is 11.7. The van der Waals surface area contributed by atoms with Crippen LogP contribution in [0.1, 0.15) is 25.1 Å². The third-order valence-electron chi connectivity index (χ3n) is 3.67. The van der Waals surface area contributed by atoms with Crippen molar-refractivity contribution in [3.8, 4) is 0 Å². The molecule has 0 aromatic carbocycles. The molecule has 0 saturated heterocycles. The molecule has 19 heavy (non-hydrogen) atoms. The van der Waals surface area contributed by atoms with E-state index in [-0.39, 0.29) is 24.8 Å². The maximum Gasteiger partial charge on any atom is 0.149 e. The topological polar surface area (TPSA) is 61.2 Å². The van der Waals surface area contributed by atoms with Crippen LogP contribution in [0.5, 0.6) is 0 Å². The number of nitrogens with two attached hydrogens (primary N) is 1. The maximum atomic E-state index is 5.85. The van der Waals surface area contributed by atoms with Gasteiger partial charge in [-0.25, -0.2) is 0 Å². The lowest BCUT2D eigenvalue weighted by Crippen LogP contribution is -2.37. The van der Waals surface area contributed by atoms with Gasteiger partial charge < -0.3 is 10.6 Å². The van der Waals surface area contributed by atoms with Crippen LogP contribution in [-0.4, -0.2) is 52.7 Å². The summed E-state index contributed by atoms with van der Waals surface area (Å²) in [7, 11) is 0. The molecule has 7 heteroatoms. The van der Waals surface area contributed by atoms with Crippen molar-refractivity contribution < 1.29 is 0 Å². The SMILES string of the molecule is CCN(CC)CCN1CCc2[nH]nc(N)c2C1.Cl.Cl. The number of hydrogen-bond donors (Lipinski definition) is 2. The van der Waals surface area contributed by atoms with Gasteiger partial charge in [0.1, 0.15) is 5.82 Å². The Labute approximate surface area is 127 Å². The average molecular weight is 310 g/mol. The Balaban J connectivity index is 0.00000162. The molecule has 0 atom stereocenters. The highest BCUT2D eigenvalue weighted by Gasteiger charge is 2.20. The maximum absolute atomic E-state index is 5.85. The summed E-state index contributed by atoms with van der Waals surface area (Å²) in [5.41, 5.74) is 8.28. The molecule has 0 unspecified atom stereocenters. The summed E-state index contributed by atoms with van der Waals surface area (Å²) in [6, 6.07) is 0. The van der Waals surface area contributed by atoms with Crippen LogP contribution in [0.25, 0.3) is 0 Å². The predicted octanol–water partition coefficient (Wildman–Crippen LogP) is 1.54.